The zero-order valence-corrected chi connectivity index (χ0v) is 16.2. The number of nitrogens with one attached hydrogen (secondary N) is 1. The van der Waals surface area contributed by atoms with E-state index in [1.807, 2.05) is 6.07 Å². The number of halogens is 2. The molecule has 25 heavy (non-hydrogen) atoms. The molecule has 0 bridgehead atoms. The molecular formula is C20H22FIN2O. The van der Waals surface area contributed by atoms with E-state index in [0.29, 0.717) is 18.2 Å². The van der Waals surface area contributed by atoms with Crippen molar-refractivity contribution in [3.05, 3.63) is 69.0 Å². The monoisotopic (exact) mass is 452 g/mol. The minimum Gasteiger partial charge on any atom is -0.350 e. The van der Waals surface area contributed by atoms with Gasteiger partial charge in [-0.3, -0.25) is 9.69 Å². The van der Waals surface area contributed by atoms with Crippen LogP contribution in [0.5, 0.6) is 0 Å². The van der Waals surface area contributed by atoms with E-state index in [-0.39, 0.29) is 11.7 Å². The molecule has 1 aliphatic heterocycles. The van der Waals surface area contributed by atoms with Crippen molar-refractivity contribution in [2.24, 2.45) is 0 Å². The first-order chi connectivity index (χ1) is 12.1. The second-order valence-electron chi connectivity index (χ2n) is 6.44. The van der Waals surface area contributed by atoms with E-state index in [2.05, 4.69) is 57.1 Å². The van der Waals surface area contributed by atoms with E-state index >= 15 is 0 Å². The molecule has 1 saturated heterocycles. The van der Waals surface area contributed by atoms with Crippen LogP contribution in [0.15, 0.2) is 48.5 Å². The summed E-state index contributed by atoms with van der Waals surface area (Å²) < 4.78 is 14.2. The third kappa shape index (κ3) is 5.01. The SMILES string of the molecule is O=C(NCC1CCCCN1Cc1ccccc1)c1cc(F)ccc1I. The van der Waals surface area contributed by atoms with Gasteiger partial charge in [0.15, 0.2) is 0 Å². The summed E-state index contributed by atoms with van der Waals surface area (Å²) in [5, 5.41) is 3.00. The molecule has 3 nitrogen and oxygen atoms in total. The highest BCUT2D eigenvalue weighted by molar-refractivity contribution is 14.1. The summed E-state index contributed by atoms with van der Waals surface area (Å²) in [6.07, 6.45) is 3.45. The zero-order chi connectivity index (χ0) is 17.6. The normalized spacial score (nSPS) is 18.1. The highest BCUT2D eigenvalue weighted by atomic mass is 127. The maximum atomic E-state index is 13.4. The average molecular weight is 452 g/mol. The van der Waals surface area contributed by atoms with Gasteiger partial charge in [-0.2, -0.15) is 0 Å². The summed E-state index contributed by atoms with van der Waals surface area (Å²) in [5.41, 5.74) is 1.70. The fraction of sp³-hybridized carbons (Fsp3) is 0.350. The molecule has 1 amide bonds. The lowest BCUT2D eigenvalue weighted by atomic mass is 10.0. The molecule has 1 heterocycles. The Balaban J connectivity index is 1.62. The number of carbonyl (C=O) groups is 1. The number of likely N-dealkylation sites (tertiary alicyclic amines) is 1. The molecule has 0 aliphatic carbocycles. The molecule has 132 valence electrons. The topological polar surface area (TPSA) is 32.3 Å². The van der Waals surface area contributed by atoms with Gasteiger partial charge in [0.2, 0.25) is 0 Å². The number of benzene rings is 2. The molecule has 1 unspecified atom stereocenters. The number of hydrogen-bond acceptors (Lipinski definition) is 2. The highest BCUT2D eigenvalue weighted by Crippen LogP contribution is 2.20. The van der Waals surface area contributed by atoms with Crippen LogP contribution in [-0.4, -0.2) is 29.9 Å². The number of rotatable bonds is 5. The second-order valence-corrected chi connectivity index (χ2v) is 7.60. The predicted octanol–water partition coefficient (Wildman–Crippen LogP) is 4.21. The van der Waals surface area contributed by atoms with Crippen LogP contribution in [0.25, 0.3) is 0 Å². The first-order valence-electron chi connectivity index (χ1n) is 8.65. The molecule has 0 saturated carbocycles. The Morgan fingerprint density at radius 3 is 2.80 bits per heavy atom. The molecule has 1 N–H and O–H groups in total. The van der Waals surface area contributed by atoms with Crippen LogP contribution < -0.4 is 5.32 Å². The quantitative estimate of drug-likeness (QED) is 0.690. The van der Waals surface area contributed by atoms with Crippen LogP contribution in [-0.2, 0) is 6.54 Å². The van der Waals surface area contributed by atoms with E-state index in [1.54, 1.807) is 6.07 Å². The van der Waals surface area contributed by atoms with E-state index in [1.165, 1.54) is 30.5 Å². The molecule has 1 atom stereocenters. The number of carbonyl (C=O) groups excluding carboxylic acids is 1. The Morgan fingerprint density at radius 2 is 2.00 bits per heavy atom. The van der Waals surface area contributed by atoms with Gasteiger partial charge in [-0.25, -0.2) is 4.39 Å². The molecule has 1 aliphatic rings. The molecular weight excluding hydrogens is 430 g/mol. The summed E-state index contributed by atoms with van der Waals surface area (Å²) in [6, 6.07) is 15.1. The fourth-order valence-corrected chi connectivity index (χ4v) is 3.87. The van der Waals surface area contributed by atoms with E-state index in [4.69, 9.17) is 0 Å². The number of nitrogens with zero attached hydrogens (tertiary/aromatic N) is 1. The lowest BCUT2D eigenvalue weighted by Gasteiger charge is -2.36. The van der Waals surface area contributed by atoms with Crippen molar-refractivity contribution in [3.8, 4) is 0 Å². The zero-order valence-electron chi connectivity index (χ0n) is 14.1. The van der Waals surface area contributed by atoms with Crippen molar-refractivity contribution in [2.45, 2.75) is 31.8 Å². The molecule has 3 rings (SSSR count). The van der Waals surface area contributed by atoms with Crippen LogP contribution >= 0.6 is 22.6 Å². The van der Waals surface area contributed by atoms with Gasteiger partial charge < -0.3 is 5.32 Å². The summed E-state index contributed by atoms with van der Waals surface area (Å²) in [7, 11) is 0. The summed E-state index contributed by atoms with van der Waals surface area (Å²) in [5.74, 6) is -0.580. The fourth-order valence-electron chi connectivity index (χ4n) is 3.29. The van der Waals surface area contributed by atoms with Crippen LogP contribution in [0.4, 0.5) is 4.39 Å². The van der Waals surface area contributed by atoms with Gasteiger partial charge >= 0.3 is 0 Å². The van der Waals surface area contributed by atoms with Gasteiger partial charge in [0.25, 0.3) is 5.91 Å². The third-order valence-corrected chi connectivity index (χ3v) is 5.59. The van der Waals surface area contributed by atoms with Crippen molar-refractivity contribution >= 4 is 28.5 Å². The standard InChI is InChI=1S/C20H22FIN2O/c21-16-9-10-19(22)18(12-16)20(25)23-13-17-8-4-5-11-24(17)14-15-6-2-1-3-7-15/h1-3,6-7,9-10,12,17H,4-5,8,11,13-14H2,(H,23,25). The Labute approximate surface area is 161 Å². The van der Waals surface area contributed by atoms with Crippen molar-refractivity contribution in [2.75, 3.05) is 13.1 Å². The maximum Gasteiger partial charge on any atom is 0.252 e. The van der Waals surface area contributed by atoms with Gasteiger partial charge in [0, 0.05) is 22.7 Å². The van der Waals surface area contributed by atoms with Crippen molar-refractivity contribution < 1.29 is 9.18 Å². The van der Waals surface area contributed by atoms with Gasteiger partial charge in [-0.15, -0.1) is 0 Å². The molecule has 1 fully saturated rings. The number of piperidine rings is 1. The molecule has 5 heteroatoms. The van der Waals surface area contributed by atoms with E-state index < -0.39 is 0 Å². The van der Waals surface area contributed by atoms with Crippen molar-refractivity contribution in [1.82, 2.24) is 10.2 Å². The number of amides is 1. The van der Waals surface area contributed by atoms with Gasteiger partial charge in [0.05, 0.1) is 5.56 Å². The lowest BCUT2D eigenvalue weighted by molar-refractivity contribution is 0.0906. The summed E-state index contributed by atoms with van der Waals surface area (Å²) >= 11 is 2.07. The Bertz CT molecular complexity index is 723. The van der Waals surface area contributed by atoms with Gasteiger partial charge in [0.1, 0.15) is 5.82 Å². The molecule has 2 aromatic rings. The molecule has 2 aromatic carbocycles. The minimum atomic E-state index is -0.381. The van der Waals surface area contributed by atoms with Gasteiger partial charge in [-0.05, 0) is 65.7 Å². The molecule has 0 spiro atoms. The minimum absolute atomic E-state index is 0.200. The van der Waals surface area contributed by atoms with Crippen LogP contribution in [0.1, 0.15) is 35.2 Å². The average Bonchev–Trinajstić information content (AvgIpc) is 2.63. The molecule has 0 aromatic heterocycles. The number of hydrogen-bond donors (Lipinski definition) is 1. The van der Waals surface area contributed by atoms with E-state index in [9.17, 15) is 9.18 Å². The van der Waals surface area contributed by atoms with Crippen molar-refractivity contribution in [1.29, 1.82) is 0 Å². The smallest absolute Gasteiger partial charge is 0.252 e. The third-order valence-electron chi connectivity index (χ3n) is 4.65. The Kier molecular flexibility index (Phi) is 6.42. The van der Waals surface area contributed by atoms with Gasteiger partial charge in [-0.1, -0.05) is 36.8 Å². The second kappa shape index (κ2) is 8.76. The van der Waals surface area contributed by atoms with Crippen LogP contribution in [0, 0.1) is 9.39 Å². The summed E-state index contributed by atoms with van der Waals surface area (Å²) in [6.45, 7) is 2.55. The van der Waals surface area contributed by atoms with Crippen molar-refractivity contribution in [3.63, 3.8) is 0 Å². The predicted molar refractivity (Wildman–Crippen MR) is 106 cm³/mol. The first kappa shape index (κ1) is 18.3. The van der Waals surface area contributed by atoms with E-state index in [0.717, 1.165) is 23.1 Å². The van der Waals surface area contributed by atoms with Crippen LogP contribution in [0.3, 0.4) is 0 Å². The highest BCUT2D eigenvalue weighted by Gasteiger charge is 2.23. The maximum absolute atomic E-state index is 13.4. The Morgan fingerprint density at radius 1 is 1.20 bits per heavy atom. The largest absolute Gasteiger partial charge is 0.350 e. The lowest BCUT2D eigenvalue weighted by Crippen LogP contribution is -2.46. The molecule has 0 radical (unpaired) electrons. The summed E-state index contributed by atoms with van der Waals surface area (Å²) in [4.78, 5) is 14.9. The Hall–Kier alpha value is -1.47. The first-order valence-corrected chi connectivity index (χ1v) is 9.72. The van der Waals surface area contributed by atoms with Crippen LogP contribution in [0.2, 0.25) is 0 Å².